The smallest absolute Gasteiger partial charge is 0.323 e. The van der Waals surface area contributed by atoms with Gasteiger partial charge in [0.05, 0.1) is 0 Å². The molecular formula is C13H23BN2O. The Hall–Kier alpha value is -1.29. The Labute approximate surface area is 105 Å². The Morgan fingerprint density at radius 3 is 2.41 bits per heavy atom. The number of hydrogen-bond acceptors (Lipinski definition) is 2. The van der Waals surface area contributed by atoms with E-state index in [4.69, 9.17) is 0 Å². The maximum Gasteiger partial charge on any atom is 0.323 e. The highest BCUT2D eigenvalue weighted by Crippen LogP contribution is 2.14. The zero-order chi connectivity index (χ0) is 13.4. The fourth-order valence-corrected chi connectivity index (χ4v) is 1.53. The van der Waals surface area contributed by atoms with Crippen molar-refractivity contribution in [1.82, 2.24) is 5.32 Å². The summed E-state index contributed by atoms with van der Waals surface area (Å²) in [6, 6.07) is 0. The molecule has 94 valence electrons. The second-order valence-electron chi connectivity index (χ2n) is 3.87. The molecule has 0 rings (SSSR count). The molecule has 4 heteroatoms. The van der Waals surface area contributed by atoms with Crippen LogP contribution in [0.3, 0.4) is 0 Å². The van der Waals surface area contributed by atoms with Crippen molar-refractivity contribution in [2.75, 3.05) is 14.1 Å². The fourth-order valence-electron chi connectivity index (χ4n) is 1.53. The number of nitrogens with one attached hydrogen (secondary N) is 1. The van der Waals surface area contributed by atoms with Crippen LogP contribution in [-0.4, -0.2) is 31.9 Å². The van der Waals surface area contributed by atoms with E-state index in [1.165, 1.54) is 0 Å². The summed E-state index contributed by atoms with van der Waals surface area (Å²) >= 11 is 0. The number of aliphatic imine (C=N–C) groups is 1. The van der Waals surface area contributed by atoms with E-state index < -0.39 is 6.92 Å². The van der Waals surface area contributed by atoms with Gasteiger partial charge in [-0.05, 0) is 25.7 Å². The first kappa shape index (κ1) is 15.7. The lowest BCUT2D eigenvalue weighted by Crippen LogP contribution is -2.22. The van der Waals surface area contributed by atoms with E-state index in [1.54, 1.807) is 7.05 Å². The number of rotatable bonds is 5. The second-order valence-corrected chi connectivity index (χ2v) is 3.87. The van der Waals surface area contributed by atoms with Crippen LogP contribution in [0.25, 0.3) is 0 Å². The van der Waals surface area contributed by atoms with Crippen LogP contribution in [0.4, 0.5) is 0 Å². The normalized spacial score (nSPS) is 13.6. The molecule has 0 heterocycles. The predicted molar refractivity (Wildman–Crippen MR) is 77.5 cm³/mol. The molecular weight excluding hydrogens is 211 g/mol. The third kappa shape index (κ3) is 4.61. The van der Waals surface area contributed by atoms with Gasteiger partial charge in [-0.3, -0.25) is 4.99 Å². The molecule has 17 heavy (non-hydrogen) atoms. The van der Waals surface area contributed by atoms with Gasteiger partial charge in [-0.15, -0.1) is 0 Å². The summed E-state index contributed by atoms with van der Waals surface area (Å²) in [4.78, 5) is 4.17. The highest BCUT2D eigenvalue weighted by atomic mass is 16.2. The van der Waals surface area contributed by atoms with Crippen LogP contribution in [0.1, 0.15) is 20.8 Å². The molecule has 0 aromatic heterocycles. The average molecular weight is 234 g/mol. The lowest BCUT2D eigenvalue weighted by molar-refractivity contribution is 0.581. The third-order valence-corrected chi connectivity index (χ3v) is 2.59. The molecule has 0 bridgehead atoms. The Morgan fingerprint density at radius 1 is 1.53 bits per heavy atom. The van der Waals surface area contributed by atoms with Gasteiger partial charge in [-0.2, -0.15) is 0 Å². The molecule has 0 aliphatic heterocycles. The number of nitrogens with zero attached hydrogens (tertiary/aromatic N) is 1. The Kier molecular flexibility index (Phi) is 7.31. The van der Waals surface area contributed by atoms with Crippen LogP contribution in [0.2, 0.25) is 6.32 Å². The van der Waals surface area contributed by atoms with E-state index in [-0.39, 0.29) is 0 Å². The molecule has 0 radical (unpaired) electrons. The number of amidine groups is 1. The van der Waals surface area contributed by atoms with Gasteiger partial charge in [0.2, 0.25) is 0 Å². The van der Waals surface area contributed by atoms with E-state index in [0.717, 1.165) is 22.5 Å². The maximum absolute atomic E-state index is 9.87. The molecule has 0 atom stereocenters. The van der Waals surface area contributed by atoms with Crippen molar-refractivity contribution in [3.05, 3.63) is 35.3 Å². The predicted octanol–water partition coefficient (Wildman–Crippen LogP) is 2.23. The Bertz CT molecular complexity index is 356. The molecule has 0 fully saturated rings. The Morgan fingerprint density at radius 2 is 2.12 bits per heavy atom. The highest BCUT2D eigenvalue weighted by molar-refractivity contribution is 6.59. The van der Waals surface area contributed by atoms with Crippen LogP contribution in [0.5, 0.6) is 0 Å². The van der Waals surface area contributed by atoms with Crippen molar-refractivity contribution < 1.29 is 5.02 Å². The summed E-state index contributed by atoms with van der Waals surface area (Å²) in [5.41, 5.74) is 2.74. The molecule has 0 spiro atoms. The van der Waals surface area contributed by atoms with Crippen LogP contribution >= 0.6 is 0 Å². The first-order valence-corrected chi connectivity index (χ1v) is 5.88. The van der Waals surface area contributed by atoms with E-state index in [0.29, 0.717) is 6.32 Å². The molecule has 2 N–H and O–H groups in total. The van der Waals surface area contributed by atoms with Crippen LogP contribution in [0.15, 0.2) is 40.3 Å². The number of hydrogen-bond donors (Lipinski definition) is 2. The molecule has 0 aromatic rings. The molecule has 0 saturated heterocycles. The van der Waals surface area contributed by atoms with Crippen LogP contribution < -0.4 is 5.32 Å². The lowest BCUT2D eigenvalue weighted by atomic mass is 9.58. The maximum atomic E-state index is 9.87. The second kappa shape index (κ2) is 7.90. The summed E-state index contributed by atoms with van der Waals surface area (Å²) in [5, 5.41) is 12.9. The van der Waals surface area contributed by atoms with Gasteiger partial charge in [0, 0.05) is 19.7 Å². The minimum atomic E-state index is -0.440. The lowest BCUT2D eigenvalue weighted by Gasteiger charge is -2.12. The summed E-state index contributed by atoms with van der Waals surface area (Å²) in [6.45, 7) is 9.31. The molecule has 0 unspecified atom stereocenters. The summed E-state index contributed by atoms with van der Waals surface area (Å²) in [7, 11) is 3.55. The fraction of sp³-hybridized carbons (Fsp3) is 0.462. The van der Waals surface area contributed by atoms with Crippen molar-refractivity contribution in [3.63, 3.8) is 0 Å². The van der Waals surface area contributed by atoms with Gasteiger partial charge in [0.25, 0.3) is 0 Å². The van der Waals surface area contributed by atoms with E-state index in [9.17, 15) is 5.02 Å². The first-order chi connectivity index (χ1) is 8.01. The van der Waals surface area contributed by atoms with E-state index in [2.05, 4.69) is 16.9 Å². The van der Waals surface area contributed by atoms with Crippen molar-refractivity contribution in [2.45, 2.75) is 27.1 Å². The topological polar surface area (TPSA) is 44.6 Å². The average Bonchev–Trinajstić information content (AvgIpc) is 2.33. The zero-order valence-corrected chi connectivity index (χ0v) is 11.5. The molecule has 0 aliphatic carbocycles. The zero-order valence-electron chi connectivity index (χ0n) is 11.5. The number of allylic oxidation sites excluding steroid dienone is 3. The third-order valence-electron chi connectivity index (χ3n) is 2.59. The van der Waals surface area contributed by atoms with Gasteiger partial charge in [0.15, 0.2) is 0 Å². The summed E-state index contributed by atoms with van der Waals surface area (Å²) < 4.78 is 0. The summed E-state index contributed by atoms with van der Waals surface area (Å²) in [6.07, 6.45) is 4.55. The van der Waals surface area contributed by atoms with E-state index >= 15 is 0 Å². The highest BCUT2D eigenvalue weighted by Gasteiger charge is 2.14. The largest absolute Gasteiger partial charge is 0.446 e. The van der Waals surface area contributed by atoms with Gasteiger partial charge in [-0.1, -0.05) is 31.1 Å². The van der Waals surface area contributed by atoms with Crippen molar-refractivity contribution in [3.8, 4) is 0 Å². The molecule has 3 nitrogen and oxygen atoms in total. The molecule has 0 aliphatic rings. The first-order valence-electron chi connectivity index (χ1n) is 5.88. The van der Waals surface area contributed by atoms with Crippen LogP contribution in [0, 0.1) is 0 Å². The standard InChI is InChI=1S/C13H23BN2O/c1-7-11(14(17)8-2)9-12(10(3)4)13(15-5)16-6/h7,9,17H,3,8H2,1-2,4-6H3,(H,15,16)/b11-7+,12-9+. The monoisotopic (exact) mass is 234 g/mol. The molecule has 0 amide bonds. The Balaban J connectivity index is 5.40. The van der Waals surface area contributed by atoms with Crippen molar-refractivity contribution in [1.29, 1.82) is 0 Å². The van der Waals surface area contributed by atoms with Gasteiger partial charge >= 0.3 is 6.92 Å². The SMILES string of the molecule is C=C(C)C(=C\C(=C/C)B(O)CC)/C(=N\C)NC. The minimum Gasteiger partial charge on any atom is -0.446 e. The molecule has 0 aromatic carbocycles. The van der Waals surface area contributed by atoms with Crippen molar-refractivity contribution in [2.24, 2.45) is 4.99 Å². The van der Waals surface area contributed by atoms with Gasteiger partial charge in [-0.25, -0.2) is 0 Å². The quantitative estimate of drug-likeness (QED) is 0.331. The van der Waals surface area contributed by atoms with Crippen molar-refractivity contribution >= 4 is 12.8 Å². The van der Waals surface area contributed by atoms with Gasteiger partial charge in [0.1, 0.15) is 5.84 Å². The van der Waals surface area contributed by atoms with E-state index in [1.807, 2.05) is 40.0 Å². The van der Waals surface area contributed by atoms with Crippen LogP contribution in [-0.2, 0) is 0 Å². The molecule has 0 saturated carbocycles. The summed E-state index contributed by atoms with van der Waals surface area (Å²) in [5.74, 6) is 0.778. The number of likely N-dealkylation sites (N-methyl/N-ethyl adjacent to an activating group) is 1. The minimum absolute atomic E-state index is 0.440. The van der Waals surface area contributed by atoms with Gasteiger partial charge < -0.3 is 10.3 Å².